The van der Waals surface area contributed by atoms with Crippen LogP contribution in [0.25, 0.3) is 11.5 Å². The second kappa shape index (κ2) is 6.37. The highest BCUT2D eigenvalue weighted by atomic mass is 79.9. The summed E-state index contributed by atoms with van der Waals surface area (Å²) in [6, 6.07) is 9.10. The van der Waals surface area contributed by atoms with Crippen LogP contribution in [0.4, 0.5) is 0 Å². The van der Waals surface area contributed by atoms with E-state index in [-0.39, 0.29) is 12.5 Å². The molecule has 0 radical (unpaired) electrons. The average molecular weight is 377 g/mol. The molecule has 2 aromatic heterocycles. The van der Waals surface area contributed by atoms with E-state index in [0.29, 0.717) is 23.0 Å². The fraction of sp³-hybridized carbons (Fsp3) is 0.188. The monoisotopic (exact) mass is 376 g/mol. The van der Waals surface area contributed by atoms with Gasteiger partial charge in [0.2, 0.25) is 5.89 Å². The van der Waals surface area contributed by atoms with Crippen LogP contribution in [0, 0.1) is 13.8 Å². The van der Waals surface area contributed by atoms with Gasteiger partial charge in [-0.05, 0) is 44.2 Å². The molecule has 0 fully saturated rings. The lowest BCUT2D eigenvalue weighted by Crippen LogP contribution is -2.05. The lowest BCUT2D eigenvalue weighted by atomic mass is 10.2. The normalized spacial score (nSPS) is 10.7. The number of carbonyl (C=O) groups excluding carboxylic acids is 1. The van der Waals surface area contributed by atoms with E-state index in [9.17, 15) is 4.79 Å². The van der Waals surface area contributed by atoms with Crippen LogP contribution in [0.15, 0.2) is 43.6 Å². The van der Waals surface area contributed by atoms with Crippen molar-refractivity contribution < 1.29 is 18.4 Å². The molecule has 0 bridgehead atoms. The summed E-state index contributed by atoms with van der Waals surface area (Å²) in [6.07, 6.45) is 0. The molecule has 3 aromatic rings. The van der Waals surface area contributed by atoms with Crippen molar-refractivity contribution in [1.82, 2.24) is 10.2 Å². The predicted octanol–water partition coefficient (Wildman–Crippen LogP) is 4.07. The van der Waals surface area contributed by atoms with Gasteiger partial charge >= 0.3 is 5.97 Å². The van der Waals surface area contributed by atoms with Gasteiger partial charge < -0.3 is 13.6 Å². The molecule has 0 aliphatic rings. The van der Waals surface area contributed by atoms with E-state index >= 15 is 0 Å². The van der Waals surface area contributed by atoms with E-state index in [2.05, 4.69) is 26.1 Å². The van der Waals surface area contributed by atoms with Gasteiger partial charge in [-0.25, -0.2) is 4.79 Å². The van der Waals surface area contributed by atoms with Crippen molar-refractivity contribution in [2.75, 3.05) is 0 Å². The topological polar surface area (TPSA) is 78.4 Å². The van der Waals surface area contributed by atoms with Crippen molar-refractivity contribution in [3.63, 3.8) is 0 Å². The summed E-state index contributed by atoms with van der Waals surface area (Å²) in [6.45, 7) is 3.39. The Bertz CT molecular complexity index is 836. The van der Waals surface area contributed by atoms with Crippen LogP contribution in [-0.4, -0.2) is 16.2 Å². The quantitative estimate of drug-likeness (QED) is 0.638. The van der Waals surface area contributed by atoms with Crippen molar-refractivity contribution >= 4 is 21.9 Å². The molecule has 7 heteroatoms. The summed E-state index contributed by atoms with van der Waals surface area (Å²) in [5.41, 5.74) is 1.19. The van der Waals surface area contributed by atoms with Crippen molar-refractivity contribution in [1.29, 1.82) is 0 Å². The Hall–Kier alpha value is -2.41. The Morgan fingerprint density at radius 3 is 2.57 bits per heavy atom. The first-order chi connectivity index (χ1) is 11.0. The summed E-state index contributed by atoms with van der Waals surface area (Å²) in [4.78, 5) is 12.0. The van der Waals surface area contributed by atoms with Gasteiger partial charge in [-0.15, -0.1) is 10.2 Å². The van der Waals surface area contributed by atoms with Crippen molar-refractivity contribution in [3.8, 4) is 11.5 Å². The average Bonchev–Trinajstić information content (AvgIpc) is 3.12. The van der Waals surface area contributed by atoms with Gasteiger partial charge in [0, 0.05) is 10.0 Å². The number of rotatable bonds is 4. The van der Waals surface area contributed by atoms with E-state index < -0.39 is 5.97 Å². The van der Waals surface area contributed by atoms with Crippen LogP contribution in [0.1, 0.15) is 27.8 Å². The highest BCUT2D eigenvalue weighted by Gasteiger charge is 2.16. The molecule has 0 atom stereocenters. The SMILES string of the molecule is Cc1cc(C(=O)OCc2nnc(-c3ccc(Br)cc3)o2)c(C)o1. The first-order valence-corrected chi connectivity index (χ1v) is 7.64. The fourth-order valence-electron chi connectivity index (χ4n) is 2.06. The van der Waals surface area contributed by atoms with Crippen LogP contribution in [0.3, 0.4) is 0 Å². The highest BCUT2D eigenvalue weighted by Crippen LogP contribution is 2.21. The third kappa shape index (κ3) is 3.50. The zero-order valence-electron chi connectivity index (χ0n) is 12.5. The summed E-state index contributed by atoms with van der Waals surface area (Å²) < 4.78 is 16.9. The Morgan fingerprint density at radius 2 is 1.91 bits per heavy atom. The fourth-order valence-corrected chi connectivity index (χ4v) is 2.32. The first kappa shape index (κ1) is 15.5. The molecule has 3 rings (SSSR count). The summed E-state index contributed by atoms with van der Waals surface area (Å²) >= 11 is 3.36. The molecule has 23 heavy (non-hydrogen) atoms. The van der Waals surface area contributed by atoms with Crippen molar-refractivity contribution in [2.45, 2.75) is 20.5 Å². The number of hydrogen-bond donors (Lipinski definition) is 0. The van der Waals surface area contributed by atoms with Gasteiger partial charge in [0.1, 0.15) is 17.1 Å². The van der Waals surface area contributed by atoms with Crippen LogP contribution in [-0.2, 0) is 11.3 Å². The van der Waals surface area contributed by atoms with Crippen molar-refractivity contribution in [2.24, 2.45) is 0 Å². The number of hydrogen-bond acceptors (Lipinski definition) is 6. The maximum Gasteiger partial charge on any atom is 0.342 e. The molecule has 118 valence electrons. The Morgan fingerprint density at radius 1 is 1.17 bits per heavy atom. The molecule has 0 aliphatic carbocycles. The summed E-state index contributed by atoms with van der Waals surface area (Å²) in [5.74, 6) is 1.30. The van der Waals surface area contributed by atoms with E-state index in [1.807, 2.05) is 24.3 Å². The smallest absolute Gasteiger partial charge is 0.342 e. The molecule has 0 unspecified atom stereocenters. The maximum atomic E-state index is 12.0. The number of esters is 1. The Labute approximate surface area is 140 Å². The number of aromatic nitrogens is 2. The standard InChI is InChI=1S/C16H13BrN2O4/c1-9-7-13(10(2)22-9)16(20)21-8-14-18-19-15(23-14)11-3-5-12(17)6-4-11/h3-7H,8H2,1-2H3. The minimum absolute atomic E-state index is 0.0912. The largest absolute Gasteiger partial charge is 0.466 e. The zero-order valence-corrected chi connectivity index (χ0v) is 14.1. The Balaban J connectivity index is 1.66. The minimum atomic E-state index is -0.484. The van der Waals surface area contributed by atoms with Gasteiger partial charge in [-0.3, -0.25) is 0 Å². The molecule has 6 nitrogen and oxygen atoms in total. The minimum Gasteiger partial charge on any atom is -0.466 e. The number of benzene rings is 1. The van der Waals surface area contributed by atoms with Gasteiger partial charge in [0.05, 0.1) is 0 Å². The van der Waals surface area contributed by atoms with E-state index in [1.54, 1.807) is 19.9 Å². The highest BCUT2D eigenvalue weighted by molar-refractivity contribution is 9.10. The third-order valence-corrected chi connectivity index (χ3v) is 3.67. The van der Waals surface area contributed by atoms with Crippen LogP contribution >= 0.6 is 15.9 Å². The van der Waals surface area contributed by atoms with Gasteiger partial charge in [-0.1, -0.05) is 15.9 Å². The second-order valence-corrected chi connectivity index (χ2v) is 5.83. The lowest BCUT2D eigenvalue weighted by Gasteiger charge is -2.00. The molecule has 0 N–H and O–H groups in total. The number of carbonyl (C=O) groups is 1. The van der Waals surface area contributed by atoms with Crippen molar-refractivity contribution in [3.05, 3.63) is 57.8 Å². The van der Waals surface area contributed by atoms with Gasteiger partial charge in [-0.2, -0.15) is 0 Å². The van der Waals surface area contributed by atoms with E-state index in [0.717, 1.165) is 10.0 Å². The number of furan rings is 1. The molecule has 0 aliphatic heterocycles. The molecule has 1 aromatic carbocycles. The predicted molar refractivity (Wildman–Crippen MR) is 84.7 cm³/mol. The third-order valence-electron chi connectivity index (χ3n) is 3.15. The number of halogens is 1. The lowest BCUT2D eigenvalue weighted by molar-refractivity contribution is 0.0436. The summed E-state index contributed by atoms with van der Waals surface area (Å²) in [5, 5.41) is 7.83. The van der Waals surface area contributed by atoms with E-state index in [4.69, 9.17) is 13.6 Å². The van der Waals surface area contributed by atoms with E-state index in [1.165, 1.54) is 0 Å². The molecule has 0 saturated heterocycles. The Kier molecular flexibility index (Phi) is 4.29. The van der Waals surface area contributed by atoms with Gasteiger partial charge in [0.15, 0.2) is 6.61 Å². The molecule has 0 amide bonds. The first-order valence-electron chi connectivity index (χ1n) is 6.85. The molecule has 0 spiro atoms. The van der Waals surface area contributed by atoms with Crippen LogP contribution in [0.2, 0.25) is 0 Å². The van der Waals surface area contributed by atoms with Gasteiger partial charge in [0.25, 0.3) is 5.89 Å². The maximum absolute atomic E-state index is 12.0. The summed E-state index contributed by atoms with van der Waals surface area (Å²) in [7, 11) is 0. The molecular formula is C16H13BrN2O4. The number of nitrogens with zero attached hydrogens (tertiary/aromatic N) is 2. The molecule has 0 saturated carbocycles. The van der Waals surface area contributed by atoms with Crippen LogP contribution in [0.5, 0.6) is 0 Å². The number of ether oxygens (including phenoxy) is 1. The molecular weight excluding hydrogens is 364 g/mol. The van der Waals surface area contributed by atoms with Crippen LogP contribution < -0.4 is 0 Å². The second-order valence-electron chi connectivity index (χ2n) is 4.91. The zero-order chi connectivity index (χ0) is 16.4. The number of aryl methyl sites for hydroxylation is 2. The molecule has 2 heterocycles.